The molecule has 0 aliphatic heterocycles. The molecular formula is C15H22Cl2N4O. The van der Waals surface area contributed by atoms with E-state index in [-0.39, 0.29) is 36.8 Å². The summed E-state index contributed by atoms with van der Waals surface area (Å²) < 4.78 is 1.92. The first kappa shape index (κ1) is 18.7. The lowest BCUT2D eigenvalue weighted by atomic mass is 10.00. The van der Waals surface area contributed by atoms with Gasteiger partial charge in [-0.05, 0) is 37.8 Å². The van der Waals surface area contributed by atoms with Crippen LogP contribution in [0.25, 0.3) is 5.65 Å². The van der Waals surface area contributed by atoms with Crippen LogP contribution in [0.1, 0.15) is 31.4 Å². The van der Waals surface area contributed by atoms with Crippen LogP contribution in [0.4, 0.5) is 5.69 Å². The fourth-order valence-electron chi connectivity index (χ4n) is 2.96. The zero-order chi connectivity index (χ0) is 14.1. The first-order valence-corrected chi connectivity index (χ1v) is 7.12. The van der Waals surface area contributed by atoms with E-state index < -0.39 is 0 Å². The van der Waals surface area contributed by atoms with Gasteiger partial charge in [0.1, 0.15) is 5.65 Å². The molecule has 0 unspecified atom stereocenters. The molecule has 22 heavy (non-hydrogen) atoms. The number of imidazole rings is 1. The van der Waals surface area contributed by atoms with Gasteiger partial charge in [0.2, 0.25) is 5.91 Å². The maximum atomic E-state index is 12.1. The van der Waals surface area contributed by atoms with Gasteiger partial charge in [0.25, 0.3) is 0 Å². The summed E-state index contributed by atoms with van der Waals surface area (Å²) in [6.45, 7) is 1.95. The molecule has 0 spiro atoms. The summed E-state index contributed by atoms with van der Waals surface area (Å²) in [5.74, 6) is 0.373. The van der Waals surface area contributed by atoms with Gasteiger partial charge in [0.15, 0.2) is 0 Å². The van der Waals surface area contributed by atoms with Crippen LogP contribution in [0.3, 0.4) is 0 Å². The van der Waals surface area contributed by atoms with Gasteiger partial charge in [0, 0.05) is 24.9 Å². The third-order valence-electron chi connectivity index (χ3n) is 4.02. The molecule has 1 aliphatic rings. The summed E-state index contributed by atoms with van der Waals surface area (Å²) in [5.41, 5.74) is 8.65. The molecule has 3 N–H and O–H groups in total. The fourth-order valence-corrected chi connectivity index (χ4v) is 2.96. The summed E-state index contributed by atoms with van der Waals surface area (Å²) in [6.07, 6.45) is 7.59. The van der Waals surface area contributed by atoms with Crippen LogP contribution in [0.5, 0.6) is 0 Å². The van der Waals surface area contributed by atoms with Gasteiger partial charge >= 0.3 is 0 Å². The van der Waals surface area contributed by atoms with Gasteiger partial charge in [0.05, 0.1) is 11.4 Å². The fraction of sp³-hybridized carbons (Fsp3) is 0.467. The number of nitrogens with one attached hydrogen (secondary N) is 1. The molecule has 2 aromatic rings. The average Bonchev–Trinajstić information content (AvgIpc) is 2.94. The van der Waals surface area contributed by atoms with Crippen molar-refractivity contribution in [2.75, 3.05) is 5.32 Å². The number of nitrogens with zero attached hydrogens (tertiary/aromatic N) is 2. The quantitative estimate of drug-likeness (QED) is 0.898. The first-order chi connectivity index (χ1) is 9.61. The molecular weight excluding hydrogens is 323 g/mol. The summed E-state index contributed by atoms with van der Waals surface area (Å²) in [7, 11) is 0. The van der Waals surface area contributed by atoms with Crippen molar-refractivity contribution in [1.82, 2.24) is 9.38 Å². The van der Waals surface area contributed by atoms with Crippen molar-refractivity contribution in [3.8, 4) is 0 Å². The highest BCUT2D eigenvalue weighted by Crippen LogP contribution is 2.27. The number of carbonyl (C=O) groups excluding carboxylic acids is 1. The Morgan fingerprint density at radius 2 is 2.14 bits per heavy atom. The summed E-state index contributed by atoms with van der Waals surface area (Å²) in [4.78, 5) is 16.4. The summed E-state index contributed by atoms with van der Waals surface area (Å²) in [5, 5.41) is 2.95. The largest absolute Gasteiger partial charge is 0.327 e. The van der Waals surface area contributed by atoms with Crippen LogP contribution in [0, 0.1) is 12.8 Å². The number of aryl methyl sites for hydroxylation is 1. The Hall–Kier alpha value is -1.30. The molecule has 2 heterocycles. The second kappa shape index (κ2) is 7.81. The number of rotatable bonds is 3. The molecule has 1 aliphatic carbocycles. The van der Waals surface area contributed by atoms with Crippen molar-refractivity contribution in [3.05, 3.63) is 30.2 Å². The second-order valence-corrected chi connectivity index (χ2v) is 5.67. The lowest BCUT2D eigenvalue weighted by molar-refractivity contribution is -0.117. The van der Waals surface area contributed by atoms with E-state index in [2.05, 4.69) is 10.3 Å². The highest BCUT2D eigenvalue weighted by atomic mass is 35.5. The number of hydrogen-bond acceptors (Lipinski definition) is 3. The molecule has 0 bridgehead atoms. The van der Waals surface area contributed by atoms with Crippen LogP contribution in [-0.2, 0) is 4.79 Å². The molecule has 1 fully saturated rings. The van der Waals surface area contributed by atoms with Crippen molar-refractivity contribution in [1.29, 1.82) is 0 Å². The van der Waals surface area contributed by atoms with E-state index in [1.165, 1.54) is 0 Å². The highest BCUT2D eigenvalue weighted by Gasteiger charge is 2.25. The Morgan fingerprint density at radius 1 is 1.36 bits per heavy atom. The molecule has 2 aromatic heterocycles. The SMILES string of the molecule is Cc1cn2cc(NC(=O)C[C@@H]3CCC[C@H]3N)ccc2n1.Cl.Cl. The molecule has 0 saturated heterocycles. The standard InChI is InChI=1S/C15H20N4O.2ClH/c1-10-8-19-9-12(5-6-14(19)17-10)18-15(20)7-11-3-2-4-13(11)16;;/h5-6,8-9,11,13H,2-4,7,16H2,1H3,(H,18,20);2*1H/t11-,13+;;/m0../s1. The van der Waals surface area contributed by atoms with E-state index >= 15 is 0 Å². The van der Waals surface area contributed by atoms with Crippen LogP contribution in [0.2, 0.25) is 0 Å². The Kier molecular flexibility index (Phi) is 6.66. The zero-order valence-electron chi connectivity index (χ0n) is 12.5. The number of carbonyl (C=O) groups is 1. The maximum absolute atomic E-state index is 12.1. The Morgan fingerprint density at radius 3 is 2.82 bits per heavy atom. The highest BCUT2D eigenvalue weighted by molar-refractivity contribution is 5.90. The van der Waals surface area contributed by atoms with Crippen LogP contribution >= 0.6 is 24.8 Å². The van der Waals surface area contributed by atoms with Crippen molar-refractivity contribution in [2.45, 2.75) is 38.6 Å². The minimum absolute atomic E-state index is 0. The van der Waals surface area contributed by atoms with Crippen molar-refractivity contribution in [2.24, 2.45) is 11.7 Å². The smallest absolute Gasteiger partial charge is 0.224 e. The molecule has 2 atom stereocenters. The van der Waals surface area contributed by atoms with E-state index in [0.29, 0.717) is 12.3 Å². The number of anilines is 1. The molecule has 7 heteroatoms. The van der Waals surface area contributed by atoms with Gasteiger partial charge in [-0.25, -0.2) is 4.98 Å². The van der Waals surface area contributed by atoms with Gasteiger partial charge in [-0.3, -0.25) is 4.79 Å². The Balaban J connectivity index is 0.00000121. The number of fused-ring (bicyclic) bond motifs is 1. The number of halogens is 2. The number of hydrogen-bond donors (Lipinski definition) is 2. The Bertz CT molecular complexity index is 644. The van der Waals surface area contributed by atoms with E-state index in [1.807, 2.05) is 35.9 Å². The third kappa shape index (κ3) is 4.12. The summed E-state index contributed by atoms with van der Waals surface area (Å²) in [6, 6.07) is 3.97. The minimum Gasteiger partial charge on any atom is -0.327 e. The predicted molar refractivity (Wildman–Crippen MR) is 93.0 cm³/mol. The molecule has 1 amide bonds. The van der Waals surface area contributed by atoms with Crippen molar-refractivity contribution >= 4 is 42.1 Å². The van der Waals surface area contributed by atoms with E-state index in [1.54, 1.807) is 0 Å². The van der Waals surface area contributed by atoms with Gasteiger partial charge in [-0.1, -0.05) is 6.42 Å². The van der Waals surface area contributed by atoms with E-state index in [4.69, 9.17) is 5.73 Å². The van der Waals surface area contributed by atoms with Gasteiger partial charge < -0.3 is 15.5 Å². The second-order valence-electron chi connectivity index (χ2n) is 5.67. The van der Waals surface area contributed by atoms with Gasteiger partial charge in [-0.15, -0.1) is 24.8 Å². The van der Waals surface area contributed by atoms with Gasteiger partial charge in [-0.2, -0.15) is 0 Å². The molecule has 0 aromatic carbocycles. The number of pyridine rings is 1. The van der Waals surface area contributed by atoms with Crippen molar-refractivity contribution < 1.29 is 4.79 Å². The minimum atomic E-state index is 0. The molecule has 3 rings (SSSR count). The van der Waals surface area contributed by atoms with Crippen LogP contribution in [-0.4, -0.2) is 21.3 Å². The van der Waals surface area contributed by atoms with Crippen LogP contribution < -0.4 is 11.1 Å². The molecule has 5 nitrogen and oxygen atoms in total. The Labute approximate surface area is 142 Å². The van der Waals surface area contributed by atoms with E-state index in [0.717, 1.165) is 36.3 Å². The average molecular weight is 345 g/mol. The third-order valence-corrected chi connectivity index (χ3v) is 4.02. The lowest BCUT2D eigenvalue weighted by Crippen LogP contribution is -2.28. The van der Waals surface area contributed by atoms with Crippen molar-refractivity contribution in [3.63, 3.8) is 0 Å². The zero-order valence-corrected chi connectivity index (χ0v) is 14.1. The predicted octanol–water partition coefficient (Wildman–Crippen LogP) is 2.94. The monoisotopic (exact) mass is 344 g/mol. The topological polar surface area (TPSA) is 72.4 Å². The number of amides is 1. The molecule has 122 valence electrons. The van der Waals surface area contributed by atoms with E-state index in [9.17, 15) is 4.79 Å². The molecule has 0 radical (unpaired) electrons. The normalized spacial score (nSPS) is 20.3. The number of nitrogens with two attached hydrogens (primary N) is 1. The number of aromatic nitrogens is 2. The maximum Gasteiger partial charge on any atom is 0.224 e. The first-order valence-electron chi connectivity index (χ1n) is 7.12. The van der Waals surface area contributed by atoms with Crippen LogP contribution in [0.15, 0.2) is 24.5 Å². The summed E-state index contributed by atoms with van der Waals surface area (Å²) >= 11 is 0. The lowest BCUT2D eigenvalue weighted by Gasteiger charge is -2.14. The molecule has 1 saturated carbocycles.